The molecule has 0 bridgehead atoms. The van der Waals surface area contributed by atoms with E-state index in [4.69, 9.17) is 0 Å². The van der Waals surface area contributed by atoms with E-state index in [9.17, 15) is 13.2 Å². The normalized spacial score (nSPS) is 11.6. The second kappa shape index (κ2) is 6.84. The number of nitrogens with one attached hydrogen (secondary N) is 1. The Kier molecular flexibility index (Phi) is 4.50. The van der Waals surface area contributed by atoms with Crippen molar-refractivity contribution in [3.05, 3.63) is 59.5 Å². The predicted molar refractivity (Wildman–Crippen MR) is 108 cm³/mol. The molecule has 0 radical (unpaired) electrons. The highest BCUT2D eigenvalue weighted by Gasteiger charge is 2.14. The first-order valence-electron chi connectivity index (χ1n) is 7.83. The number of hydrogen-bond acceptors (Lipinski definition) is 7. The summed E-state index contributed by atoms with van der Waals surface area (Å²) < 4.78 is 24.1. The van der Waals surface area contributed by atoms with Crippen molar-refractivity contribution in [3.63, 3.8) is 0 Å². The first-order valence-corrected chi connectivity index (χ1v) is 11.4. The van der Waals surface area contributed by atoms with Crippen LogP contribution in [-0.2, 0) is 9.84 Å². The largest absolute Gasteiger partial charge is 0.298 e. The molecule has 1 amide bonds. The fourth-order valence-electron chi connectivity index (χ4n) is 2.43. The van der Waals surface area contributed by atoms with Gasteiger partial charge in [-0.05, 0) is 36.4 Å². The molecule has 2 heterocycles. The van der Waals surface area contributed by atoms with E-state index >= 15 is 0 Å². The van der Waals surface area contributed by atoms with Crippen LogP contribution in [0.5, 0.6) is 0 Å². The number of rotatable bonds is 4. The fraction of sp³-hybridized carbons (Fsp3) is 0.0556. The summed E-state index contributed by atoms with van der Waals surface area (Å²) in [5.41, 5.74) is 1.99. The molecule has 0 fully saturated rings. The Morgan fingerprint density at radius 1 is 1.04 bits per heavy atom. The zero-order valence-electron chi connectivity index (χ0n) is 14.0. The highest BCUT2D eigenvalue weighted by molar-refractivity contribution is 7.90. The summed E-state index contributed by atoms with van der Waals surface area (Å²) >= 11 is 2.86. The number of thiazole rings is 2. The van der Waals surface area contributed by atoms with Crippen LogP contribution in [0.3, 0.4) is 0 Å². The van der Waals surface area contributed by atoms with Crippen molar-refractivity contribution in [2.45, 2.75) is 4.90 Å². The molecule has 4 rings (SSSR count). The number of amides is 1. The Morgan fingerprint density at radius 3 is 2.48 bits per heavy atom. The first kappa shape index (κ1) is 17.8. The van der Waals surface area contributed by atoms with Crippen molar-refractivity contribution in [3.8, 4) is 10.7 Å². The van der Waals surface area contributed by atoms with E-state index in [-0.39, 0.29) is 10.8 Å². The summed E-state index contributed by atoms with van der Waals surface area (Å²) in [6.07, 6.45) is 1.13. The van der Waals surface area contributed by atoms with Crippen LogP contribution in [0, 0.1) is 0 Å². The number of carbonyl (C=O) groups excluding carboxylic acids is 1. The van der Waals surface area contributed by atoms with Crippen LogP contribution < -0.4 is 5.32 Å². The van der Waals surface area contributed by atoms with Crippen LogP contribution in [0.2, 0.25) is 0 Å². The van der Waals surface area contributed by atoms with Gasteiger partial charge in [0, 0.05) is 17.2 Å². The third kappa shape index (κ3) is 3.75. The topological polar surface area (TPSA) is 89.0 Å². The van der Waals surface area contributed by atoms with Gasteiger partial charge in [-0.1, -0.05) is 12.1 Å². The molecule has 27 heavy (non-hydrogen) atoms. The molecular formula is C18H13N3O3S3. The molecular weight excluding hydrogens is 402 g/mol. The number of para-hydroxylation sites is 1. The Morgan fingerprint density at radius 2 is 1.78 bits per heavy atom. The van der Waals surface area contributed by atoms with Gasteiger partial charge in [-0.3, -0.25) is 10.1 Å². The molecule has 0 atom stereocenters. The van der Waals surface area contributed by atoms with Crippen LogP contribution >= 0.6 is 22.7 Å². The molecule has 136 valence electrons. The third-order valence-electron chi connectivity index (χ3n) is 3.78. The zero-order valence-corrected chi connectivity index (χ0v) is 16.5. The van der Waals surface area contributed by atoms with Crippen molar-refractivity contribution >= 4 is 53.8 Å². The van der Waals surface area contributed by atoms with Gasteiger partial charge in [0.2, 0.25) is 0 Å². The number of sulfone groups is 1. The smallest absolute Gasteiger partial charge is 0.257 e. The van der Waals surface area contributed by atoms with Crippen molar-refractivity contribution in [2.75, 3.05) is 11.6 Å². The van der Waals surface area contributed by atoms with Gasteiger partial charge in [0.15, 0.2) is 15.0 Å². The van der Waals surface area contributed by atoms with Crippen LogP contribution in [0.1, 0.15) is 10.4 Å². The molecule has 4 aromatic rings. The molecule has 0 saturated heterocycles. The van der Waals surface area contributed by atoms with Crippen LogP contribution in [0.25, 0.3) is 20.9 Å². The number of aromatic nitrogens is 2. The lowest BCUT2D eigenvalue weighted by Gasteiger charge is -2.03. The van der Waals surface area contributed by atoms with Crippen LogP contribution in [0.4, 0.5) is 5.13 Å². The number of anilines is 1. The number of nitrogens with zero attached hydrogens (tertiary/aromatic N) is 2. The van der Waals surface area contributed by atoms with Gasteiger partial charge in [-0.15, -0.1) is 22.7 Å². The Hall–Kier alpha value is -2.62. The minimum Gasteiger partial charge on any atom is -0.298 e. The Bertz CT molecular complexity index is 1210. The molecule has 9 heteroatoms. The SMILES string of the molecule is CS(=O)(=O)c1ccc(C(=O)Nc2nc(-c3nc4ccccc4s3)cs2)cc1. The fourth-order valence-corrected chi connectivity index (χ4v) is 4.76. The van der Waals surface area contributed by atoms with Gasteiger partial charge in [0.1, 0.15) is 10.7 Å². The summed E-state index contributed by atoms with van der Waals surface area (Å²) in [6, 6.07) is 13.6. The van der Waals surface area contributed by atoms with Crippen LogP contribution in [0.15, 0.2) is 58.8 Å². The third-order valence-corrected chi connectivity index (χ3v) is 6.73. The van der Waals surface area contributed by atoms with Crippen molar-refractivity contribution in [1.29, 1.82) is 0 Å². The predicted octanol–water partition coefficient (Wildman–Crippen LogP) is 4.08. The molecule has 1 N–H and O–H groups in total. The lowest BCUT2D eigenvalue weighted by Crippen LogP contribution is -2.11. The van der Waals surface area contributed by atoms with Crippen molar-refractivity contribution < 1.29 is 13.2 Å². The van der Waals surface area contributed by atoms with Crippen molar-refractivity contribution in [1.82, 2.24) is 9.97 Å². The van der Waals surface area contributed by atoms with E-state index < -0.39 is 9.84 Å². The molecule has 0 aliphatic carbocycles. The molecule has 0 saturated carbocycles. The molecule has 2 aromatic heterocycles. The summed E-state index contributed by atoms with van der Waals surface area (Å²) in [4.78, 5) is 21.5. The maximum atomic E-state index is 12.4. The summed E-state index contributed by atoms with van der Waals surface area (Å²) in [5, 5.41) is 5.84. The molecule has 2 aromatic carbocycles. The first-order chi connectivity index (χ1) is 12.9. The molecule has 0 aliphatic heterocycles. The maximum absolute atomic E-state index is 12.4. The number of hydrogen-bond donors (Lipinski definition) is 1. The standard InChI is InChI=1S/C18H13N3O3S3/c1-27(23,24)12-8-6-11(7-9-12)16(22)21-18-20-14(10-25-18)17-19-13-4-2-3-5-15(13)26-17/h2-10H,1H3,(H,20,21,22). The lowest BCUT2D eigenvalue weighted by atomic mass is 10.2. The van der Waals surface area contributed by atoms with Gasteiger partial charge >= 0.3 is 0 Å². The van der Waals surface area contributed by atoms with Gasteiger partial charge in [0.25, 0.3) is 5.91 Å². The van der Waals surface area contributed by atoms with E-state index in [1.807, 2.05) is 29.6 Å². The quantitative estimate of drug-likeness (QED) is 0.543. The zero-order chi connectivity index (χ0) is 19.0. The Labute approximate surface area is 163 Å². The van der Waals surface area contributed by atoms with Gasteiger partial charge in [0.05, 0.1) is 15.1 Å². The summed E-state index contributed by atoms with van der Waals surface area (Å²) in [7, 11) is -3.29. The average molecular weight is 416 g/mol. The average Bonchev–Trinajstić information content (AvgIpc) is 3.27. The molecule has 6 nitrogen and oxygen atoms in total. The summed E-state index contributed by atoms with van der Waals surface area (Å²) in [5.74, 6) is -0.347. The van der Waals surface area contributed by atoms with E-state index in [1.54, 1.807) is 11.3 Å². The highest BCUT2D eigenvalue weighted by Crippen LogP contribution is 2.32. The Balaban J connectivity index is 1.52. The molecule has 0 unspecified atom stereocenters. The minimum atomic E-state index is -3.29. The lowest BCUT2D eigenvalue weighted by molar-refractivity contribution is 0.102. The second-order valence-corrected chi connectivity index (χ2v) is 9.68. The molecule has 0 spiro atoms. The monoisotopic (exact) mass is 415 g/mol. The van der Waals surface area contributed by atoms with E-state index in [1.165, 1.54) is 35.6 Å². The van der Waals surface area contributed by atoms with Gasteiger partial charge < -0.3 is 0 Å². The van der Waals surface area contributed by atoms with Crippen LogP contribution in [-0.4, -0.2) is 30.5 Å². The highest BCUT2D eigenvalue weighted by atomic mass is 32.2. The van der Waals surface area contributed by atoms with Gasteiger partial charge in [-0.2, -0.15) is 0 Å². The van der Waals surface area contributed by atoms with E-state index in [2.05, 4.69) is 15.3 Å². The van der Waals surface area contributed by atoms with E-state index in [0.717, 1.165) is 21.5 Å². The van der Waals surface area contributed by atoms with E-state index in [0.29, 0.717) is 16.4 Å². The second-order valence-electron chi connectivity index (χ2n) is 5.78. The minimum absolute atomic E-state index is 0.173. The summed E-state index contributed by atoms with van der Waals surface area (Å²) in [6.45, 7) is 0. The number of fused-ring (bicyclic) bond motifs is 1. The van der Waals surface area contributed by atoms with Crippen molar-refractivity contribution in [2.24, 2.45) is 0 Å². The number of benzene rings is 2. The maximum Gasteiger partial charge on any atom is 0.257 e. The molecule has 0 aliphatic rings. The number of carbonyl (C=O) groups is 1. The van der Waals surface area contributed by atoms with Gasteiger partial charge in [-0.25, -0.2) is 18.4 Å².